The Bertz CT molecular complexity index is 796. The second kappa shape index (κ2) is 6.94. The molecular weight excluding hydrogens is 350 g/mol. The Morgan fingerprint density at radius 3 is 2.38 bits per heavy atom. The second-order valence-electron chi connectivity index (χ2n) is 7.94. The summed E-state index contributed by atoms with van der Waals surface area (Å²) in [7, 11) is -1.76. The van der Waals surface area contributed by atoms with Crippen LogP contribution in [0.4, 0.5) is 5.69 Å². The van der Waals surface area contributed by atoms with E-state index in [1.165, 1.54) is 0 Å². The Kier molecular flexibility index (Phi) is 5.16. The van der Waals surface area contributed by atoms with Gasteiger partial charge in [-0.25, -0.2) is 8.42 Å². The van der Waals surface area contributed by atoms with Crippen LogP contribution >= 0.6 is 0 Å². The van der Waals surface area contributed by atoms with Crippen molar-refractivity contribution < 1.29 is 13.2 Å². The van der Waals surface area contributed by atoms with Gasteiger partial charge < -0.3 is 9.80 Å². The van der Waals surface area contributed by atoms with E-state index >= 15 is 0 Å². The van der Waals surface area contributed by atoms with Crippen molar-refractivity contribution in [2.75, 3.05) is 44.7 Å². The van der Waals surface area contributed by atoms with Gasteiger partial charge in [0.05, 0.1) is 4.90 Å². The van der Waals surface area contributed by atoms with E-state index in [4.69, 9.17) is 0 Å². The normalized spacial score (nSPS) is 21.7. The van der Waals surface area contributed by atoms with Crippen LogP contribution in [-0.4, -0.2) is 63.3 Å². The van der Waals surface area contributed by atoms with E-state index in [1.807, 2.05) is 13.8 Å². The quantitative estimate of drug-likeness (QED) is 0.803. The largest absolute Gasteiger partial charge is 0.315 e. The first kappa shape index (κ1) is 19.3. The second-order valence-corrected chi connectivity index (χ2v) is 9.88. The summed E-state index contributed by atoms with van der Waals surface area (Å²) in [5, 5.41) is 0. The lowest BCUT2D eigenvalue weighted by Gasteiger charge is -2.38. The summed E-state index contributed by atoms with van der Waals surface area (Å²) in [6.45, 7) is 9.76. The van der Waals surface area contributed by atoms with Crippen LogP contribution in [0.15, 0.2) is 23.1 Å². The Hall–Kier alpha value is -1.44. The van der Waals surface area contributed by atoms with E-state index in [-0.39, 0.29) is 11.3 Å². The summed E-state index contributed by atoms with van der Waals surface area (Å²) in [5.41, 5.74) is 1.35. The standard InChI is InChI=1S/C19H29N3O3S/c1-5-8-21-9-11-22(12-10-21)26(24,25)15-6-7-17-16(13-15)19(2,3)14-18(23)20(17)4/h6-7,13H,5,8-12,14H2,1-4H3. The molecule has 1 fully saturated rings. The molecular formula is C19H29N3O3S. The molecule has 3 rings (SSSR count). The first-order valence-electron chi connectivity index (χ1n) is 9.30. The Labute approximate surface area is 156 Å². The van der Waals surface area contributed by atoms with E-state index < -0.39 is 10.0 Å². The molecule has 0 aromatic heterocycles. The fourth-order valence-electron chi connectivity index (χ4n) is 3.90. The highest BCUT2D eigenvalue weighted by Gasteiger charge is 2.37. The maximum atomic E-state index is 13.1. The van der Waals surface area contributed by atoms with Crippen LogP contribution in [0.2, 0.25) is 0 Å². The number of hydrogen-bond acceptors (Lipinski definition) is 4. The fourth-order valence-corrected chi connectivity index (χ4v) is 5.34. The van der Waals surface area contributed by atoms with Crippen LogP contribution < -0.4 is 4.90 Å². The van der Waals surface area contributed by atoms with E-state index in [0.717, 1.165) is 37.3 Å². The first-order valence-corrected chi connectivity index (χ1v) is 10.7. The van der Waals surface area contributed by atoms with Gasteiger partial charge in [-0.2, -0.15) is 4.31 Å². The summed E-state index contributed by atoms with van der Waals surface area (Å²) in [6.07, 6.45) is 1.47. The molecule has 0 radical (unpaired) electrons. The fraction of sp³-hybridized carbons (Fsp3) is 0.632. The van der Waals surface area contributed by atoms with Crippen LogP contribution in [0.3, 0.4) is 0 Å². The smallest absolute Gasteiger partial charge is 0.243 e. The minimum absolute atomic E-state index is 0.0603. The zero-order valence-corrected chi connectivity index (χ0v) is 17.0. The van der Waals surface area contributed by atoms with Gasteiger partial charge in [0.15, 0.2) is 0 Å². The number of piperazine rings is 1. The van der Waals surface area contributed by atoms with E-state index in [9.17, 15) is 13.2 Å². The third kappa shape index (κ3) is 3.40. The average Bonchev–Trinajstić information content (AvgIpc) is 2.60. The van der Waals surface area contributed by atoms with Crippen molar-refractivity contribution in [1.29, 1.82) is 0 Å². The number of nitrogens with zero attached hydrogens (tertiary/aromatic N) is 3. The molecule has 6 nitrogen and oxygen atoms in total. The molecule has 0 saturated carbocycles. The summed E-state index contributed by atoms with van der Waals surface area (Å²) in [6, 6.07) is 5.18. The highest BCUT2D eigenvalue weighted by atomic mass is 32.2. The predicted molar refractivity (Wildman–Crippen MR) is 103 cm³/mol. The SMILES string of the molecule is CCCN1CCN(S(=O)(=O)c2ccc3c(c2)C(C)(C)CC(=O)N3C)CC1. The molecule has 7 heteroatoms. The van der Waals surface area contributed by atoms with Crippen LogP contribution in [0.5, 0.6) is 0 Å². The highest BCUT2D eigenvalue weighted by molar-refractivity contribution is 7.89. The van der Waals surface area contributed by atoms with Crippen LogP contribution in [0.1, 0.15) is 39.2 Å². The minimum atomic E-state index is -3.51. The molecule has 1 aromatic rings. The number of sulfonamides is 1. The van der Waals surface area contributed by atoms with Crippen molar-refractivity contribution in [2.24, 2.45) is 0 Å². The Balaban J connectivity index is 1.89. The van der Waals surface area contributed by atoms with Crippen molar-refractivity contribution in [3.05, 3.63) is 23.8 Å². The summed E-state index contributed by atoms with van der Waals surface area (Å²) >= 11 is 0. The number of carbonyl (C=O) groups excluding carboxylic acids is 1. The van der Waals surface area contributed by atoms with Crippen molar-refractivity contribution in [3.8, 4) is 0 Å². The zero-order valence-electron chi connectivity index (χ0n) is 16.2. The van der Waals surface area contributed by atoms with Gasteiger partial charge >= 0.3 is 0 Å². The molecule has 2 aliphatic rings. The number of rotatable bonds is 4. The average molecular weight is 380 g/mol. The zero-order chi connectivity index (χ0) is 19.1. The molecule has 0 atom stereocenters. The van der Waals surface area contributed by atoms with Gasteiger partial charge in [-0.05, 0) is 36.7 Å². The van der Waals surface area contributed by atoms with Gasteiger partial charge in [0.25, 0.3) is 0 Å². The molecule has 144 valence electrons. The third-order valence-electron chi connectivity index (χ3n) is 5.53. The molecule has 0 bridgehead atoms. The third-order valence-corrected chi connectivity index (χ3v) is 7.43. The number of amides is 1. The number of benzene rings is 1. The van der Waals surface area contributed by atoms with Gasteiger partial charge in [-0.3, -0.25) is 4.79 Å². The highest BCUT2D eigenvalue weighted by Crippen LogP contribution is 2.41. The van der Waals surface area contributed by atoms with E-state index in [2.05, 4.69) is 11.8 Å². The summed E-state index contributed by atoms with van der Waals surface area (Å²) in [4.78, 5) is 16.4. The number of hydrogen-bond donors (Lipinski definition) is 0. The predicted octanol–water partition coefficient (Wildman–Crippen LogP) is 2.05. The molecule has 0 unspecified atom stereocenters. The van der Waals surface area contributed by atoms with Gasteiger partial charge in [-0.1, -0.05) is 20.8 Å². The molecule has 0 spiro atoms. The number of carbonyl (C=O) groups is 1. The topological polar surface area (TPSA) is 60.9 Å². The van der Waals surface area contributed by atoms with E-state index in [1.54, 1.807) is 34.5 Å². The van der Waals surface area contributed by atoms with Crippen molar-refractivity contribution in [1.82, 2.24) is 9.21 Å². The molecule has 26 heavy (non-hydrogen) atoms. The number of anilines is 1. The summed E-state index contributed by atoms with van der Waals surface area (Å²) in [5.74, 6) is 0.0603. The monoisotopic (exact) mass is 379 g/mol. The van der Waals surface area contributed by atoms with Gasteiger partial charge in [0, 0.05) is 50.7 Å². The molecule has 1 saturated heterocycles. The summed E-state index contributed by atoms with van der Waals surface area (Å²) < 4.78 is 27.8. The van der Waals surface area contributed by atoms with Crippen molar-refractivity contribution in [3.63, 3.8) is 0 Å². The Morgan fingerprint density at radius 1 is 1.12 bits per heavy atom. The van der Waals surface area contributed by atoms with Crippen LogP contribution in [-0.2, 0) is 20.2 Å². The molecule has 1 amide bonds. The van der Waals surface area contributed by atoms with Crippen molar-refractivity contribution in [2.45, 2.75) is 43.9 Å². The lowest BCUT2D eigenvalue weighted by molar-refractivity contribution is -0.119. The minimum Gasteiger partial charge on any atom is -0.315 e. The van der Waals surface area contributed by atoms with Crippen molar-refractivity contribution >= 4 is 21.6 Å². The molecule has 0 N–H and O–H groups in total. The van der Waals surface area contributed by atoms with E-state index in [0.29, 0.717) is 24.4 Å². The van der Waals surface area contributed by atoms with Gasteiger partial charge in [-0.15, -0.1) is 0 Å². The lowest BCUT2D eigenvalue weighted by atomic mass is 9.77. The number of fused-ring (bicyclic) bond motifs is 1. The van der Waals surface area contributed by atoms with Gasteiger partial charge in [0.1, 0.15) is 0 Å². The maximum Gasteiger partial charge on any atom is 0.243 e. The maximum absolute atomic E-state index is 13.1. The first-order chi connectivity index (χ1) is 12.2. The van der Waals surface area contributed by atoms with Gasteiger partial charge in [0.2, 0.25) is 15.9 Å². The molecule has 0 aliphatic carbocycles. The Morgan fingerprint density at radius 2 is 1.77 bits per heavy atom. The molecule has 2 aliphatic heterocycles. The van der Waals surface area contributed by atoms with Crippen LogP contribution in [0, 0.1) is 0 Å². The van der Waals surface area contributed by atoms with Crippen LogP contribution in [0.25, 0.3) is 0 Å². The lowest BCUT2D eigenvalue weighted by Crippen LogP contribution is -2.48. The molecule has 1 aromatic carbocycles. The molecule has 2 heterocycles.